The summed E-state index contributed by atoms with van der Waals surface area (Å²) in [5, 5.41) is 0. The van der Waals surface area contributed by atoms with Crippen LogP contribution in [0.25, 0.3) is 17.1 Å². The fourth-order valence-corrected chi connectivity index (χ4v) is 3.81. The molecule has 2 aliphatic rings. The molecule has 3 aromatic rings. The lowest BCUT2D eigenvalue weighted by atomic mass is 10.1. The Kier molecular flexibility index (Phi) is 5.25. The Hall–Kier alpha value is -4.19. The van der Waals surface area contributed by atoms with Gasteiger partial charge in [-0.1, -0.05) is 66.7 Å². The molecular weight excluding hydrogens is 400 g/mol. The quantitative estimate of drug-likeness (QED) is 0.444. The largest absolute Gasteiger partial charge is 0.481 e. The summed E-state index contributed by atoms with van der Waals surface area (Å²) in [6, 6.07) is 23.9. The summed E-state index contributed by atoms with van der Waals surface area (Å²) in [5.41, 5.74) is 5.21. The second kappa shape index (κ2) is 8.51. The van der Waals surface area contributed by atoms with Gasteiger partial charge in [-0.05, 0) is 16.7 Å². The first kappa shape index (κ1) is 19.8. The summed E-state index contributed by atoms with van der Waals surface area (Å²) >= 11 is 0. The molecule has 5 rings (SSSR count). The maximum Gasteiger partial charge on any atom is 0.278 e. The smallest absolute Gasteiger partial charge is 0.278 e. The molecule has 0 bridgehead atoms. The van der Waals surface area contributed by atoms with Crippen molar-refractivity contribution in [2.75, 3.05) is 7.11 Å². The van der Waals surface area contributed by atoms with Crippen LogP contribution in [0.15, 0.2) is 90.0 Å². The van der Waals surface area contributed by atoms with E-state index in [4.69, 9.17) is 9.72 Å². The van der Waals surface area contributed by atoms with Crippen LogP contribution in [0.1, 0.15) is 22.5 Å². The van der Waals surface area contributed by atoms with Crippen molar-refractivity contribution in [1.29, 1.82) is 0 Å². The SMILES string of the molecule is COc1ccc(Cc2nc3c(Cc4ccccc4)[nH]c(-c4ccccc4)cn-3c2=O)cn1. The predicted molar refractivity (Wildman–Crippen MR) is 124 cm³/mol. The van der Waals surface area contributed by atoms with Gasteiger partial charge in [0.1, 0.15) is 5.69 Å². The fraction of sp³-hybridized carbons (Fsp3) is 0.115. The molecule has 0 atom stereocenters. The summed E-state index contributed by atoms with van der Waals surface area (Å²) in [6.07, 6.45) is 4.60. The van der Waals surface area contributed by atoms with Gasteiger partial charge in [0, 0.05) is 31.3 Å². The summed E-state index contributed by atoms with van der Waals surface area (Å²) in [4.78, 5) is 25.8. The monoisotopic (exact) mass is 422 g/mol. The molecule has 0 radical (unpaired) electrons. The number of H-pyrrole nitrogens is 1. The van der Waals surface area contributed by atoms with Crippen molar-refractivity contribution in [2.45, 2.75) is 12.8 Å². The summed E-state index contributed by atoms with van der Waals surface area (Å²) in [5.74, 6) is 1.19. The average molecular weight is 422 g/mol. The van der Waals surface area contributed by atoms with Crippen LogP contribution < -0.4 is 10.3 Å². The van der Waals surface area contributed by atoms with Gasteiger partial charge in [-0.15, -0.1) is 0 Å². The Balaban J connectivity index is 1.61. The number of fused-ring (bicyclic) bond motifs is 1. The van der Waals surface area contributed by atoms with E-state index in [0.717, 1.165) is 28.1 Å². The molecule has 0 spiro atoms. The summed E-state index contributed by atoms with van der Waals surface area (Å²) in [7, 11) is 1.58. The van der Waals surface area contributed by atoms with Crippen LogP contribution >= 0.6 is 0 Å². The van der Waals surface area contributed by atoms with Crippen LogP contribution in [0.4, 0.5) is 0 Å². The zero-order valence-electron chi connectivity index (χ0n) is 17.7. The first-order valence-corrected chi connectivity index (χ1v) is 10.4. The van der Waals surface area contributed by atoms with Crippen LogP contribution in [0.5, 0.6) is 5.88 Å². The minimum atomic E-state index is -0.115. The van der Waals surface area contributed by atoms with E-state index in [1.165, 1.54) is 0 Å². The molecule has 1 N–H and O–H groups in total. The number of aromatic nitrogens is 4. The van der Waals surface area contributed by atoms with E-state index >= 15 is 0 Å². The number of nitrogens with zero attached hydrogens (tertiary/aromatic N) is 3. The Morgan fingerprint density at radius 2 is 1.66 bits per heavy atom. The average Bonchev–Trinajstić information content (AvgIpc) is 3.16. The van der Waals surface area contributed by atoms with Crippen molar-refractivity contribution < 1.29 is 4.74 Å². The lowest BCUT2D eigenvalue weighted by Crippen LogP contribution is -2.17. The van der Waals surface area contributed by atoms with Crippen LogP contribution in [0, 0.1) is 0 Å². The van der Waals surface area contributed by atoms with Crippen LogP contribution in [-0.2, 0) is 12.8 Å². The summed E-state index contributed by atoms with van der Waals surface area (Å²) in [6.45, 7) is 0. The van der Waals surface area contributed by atoms with Crippen molar-refractivity contribution in [3.8, 4) is 23.0 Å². The minimum absolute atomic E-state index is 0.115. The number of aromatic amines is 1. The molecule has 2 aromatic carbocycles. The highest BCUT2D eigenvalue weighted by Gasteiger charge is 2.20. The topological polar surface area (TPSA) is 72.8 Å². The van der Waals surface area contributed by atoms with Gasteiger partial charge in [0.25, 0.3) is 5.56 Å². The van der Waals surface area contributed by atoms with Gasteiger partial charge in [0.2, 0.25) is 5.88 Å². The predicted octanol–water partition coefficient (Wildman–Crippen LogP) is 4.25. The molecule has 0 unspecified atom stereocenters. The highest BCUT2D eigenvalue weighted by Crippen LogP contribution is 2.23. The third-order valence-corrected chi connectivity index (χ3v) is 5.44. The minimum Gasteiger partial charge on any atom is -0.481 e. The van der Waals surface area contributed by atoms with E-state index in [9.17, 15) is 4.79 Å². The molecule has 0 saturated carbocycles. The number of nitrogens with one attached hydrogen (secondary N) is 1. The van der Waals surface area contributed by atoms with Gasteiger partial charge in [-0.25, -0.2) is 9.97 Å². The second-order valence-electron chi connectivity index (χ2n) is 7.62. The lowest BCUT2D eigenvalue weighted by molar-refractivity contribution is 0.397. The number of pyridine rings is 1. The maximum atomic E-state index is 13.3. The number of ether oxygens (including phenoxy) is 1. The number of hydrogen-bond donors (Lipinski definition) is 1. The van der Waals surface area contributed by atoms with E-state index in [-0.39, 0.29) is 5.56 Å². The Labute approximate surface area is 185 Å². The molecular formula is C26H22N4O2. The molecule has 3 heterocycles. The first-order chi connectivity index (χ1) is 15.7. The van der Waals surface area contributed by atoms with E-state index in [2.05, 4.69) is 22.1 Å². The highest BCUT2D eigenvalue weighted by molar-refractivity contribution is 5.60. The van der Waals surface area contributed by atoms with Gasteiger partial charge in [0.05, 0.1) is 18.5 Å². The third-order valence-electron chi connectivity index (χ3n) is 5.44. The molecule has 6 heteroatoms. The number of hydrogen-bond acceptors (Lipinski definition) is 4. The maximum absolute atomic E-state index is 13.3. The first-order valence-electron chi connectivity index (χ1n) is 10.4. The number of benzene rings is 2. The summed E-state index contributed by atoms with van der Waals surface area (Å²) < 4.78 is 6.78. The Bertz CT molecular complexity index is 1360. The fourth-order valence-electron chi connectivity index (χ4n) is 3.81. The van der Waals surface area contributed by atoms with Crippen molar-refractivity contribution in [3.63, 3.8) is 0 Å². The number of rotatable bonds is 6. The molecule has 0 fully saturated rings. The zero-order valence-corrected chi connectivity index (χ0v) is 17.7. The van der Waals surface area contributed by atoms with E-state index < -0.39 is 0 Å². The normalized spacial score (nSPS) is 11.0. The van der Waals surface area contributed by atoms with Gasteiger partial charge in [-0.3, -0.25) is 9.36 Å². The van der Waals surface area contributed by atoms with Gasteiger partial charge < -0.3 is 9.72 Å². The lowest BCUT2D eigenvalue weighted by Gasteiger charge is -2.13. The van der Waals surface area contributed by atoms with Gasteiger partial charge in [0.15, 0.2) is 5.82 Å². The second-order valence-corrected chi connectivity index (χ2v) is 7.62. The van der Waals surface area contributed by atoms with E-state index in [0.29, 0.717) is 30.2 Å². The van der Waals surface area contributed by atoms with Crippen LogP contribution in [0.3, 0.4) is 0 Å². The Morgan fingerprint density at radius 3 is 2.34 bits per heavy atom. The molecule has 158 valence electrons. The molecule has 1 aromatic heterocycles. The van der Waals surface area contributed by atoms with Crippen molar-refractivity contribution in [1.82, 2.24) is 19.5 Å². The number of methoxy groups -OCH3 is 1. The van der Waals surface area contributed by atoms with Crippen molar-refractivity contribution >= 4 is 0 Å². The molecule has 32 heavy (non-hydrogen) atoms. The molecule has 0 saturated heterocycles. The van der Waals surface area contributed by atoms with E-state index in [1.54, 1.807) is 23.9 Å². The van der Waals surface area contributed by atoms with Crippen molar-refractivity contribution in [2.24, 2.45) is 0 Å². The van der Waals surface area contributed by atoms with Crippen LogP contribution in [0.2, 0.25) is 0 Å². The molecule has 0 aliphatic carbocycles. The zero-order chi connectivity index (χ0) is 21.9. The highest BCUT2D eigenvalue weighted by atomic mass is 16.5. The molecule has 2 aliphatic heterocycles. The third kappa shape index (κ3) is 3.90. The van der Waals surface area contributed by atoms with E-state index in [1.807, 2.05) is 60.8 Å². The molecule has 0 amide bonds. The standard InChI is InChI=1S/C26H22N4O2/c1-32-24-13-12-19(16-27-24)15-22-26(31)30-17-23(20-10-6-3-7-11-20)28-21(25(30)29-22)14-18-8-4-2-5-9-18/h2-13,16-17,28H,14-15H2,1H3. The number of imidazole rings is 1. The van der Waals surface area contributed by atoms with Gasteiger partial charge >= 0.3 is 0 Å². The van der Waals surface area contributed by atoms with Crippen molar-refractivity contribution in [3.05, 3.63) is 118 Å². The van der Waals surface area contributed by atoms with Gasteiger partial charge in [-0.2, -0.15) is 0 Å². The van der Waals surface area contributed by atoms with Crippen LogP contribution in [-0.4, -0.2) is 26.6 Å². The Morgan fingerprint density at radius 1 is 0.906 bits per heavy atom. The molecule has 6 nitrogen and oxygen atoms in total.